The highest BCUT2D eigenvalue weighted by molar-refractivity contribution is 8.04. The van der Waals surface area contributed by atoms with Crippen LogP contribution in [0.2, 0.25) is 0 Å². The Morgan fingerprint density at radius 1 is 1.42 bits per heavy atom. The number of carbonyl (C=O) groups is 1. The number of hydrogen-bond donors (Lipinski definition) is 3. The second kappa shape index (κ2) is 6.45. The number of fused-ring (bicyclic) bond motifs is 1. The van der Waals surface area contributed by atoms with Gasteiger partial charge in [-0.3, -0.25) is 4.79 Å². The number of aromatic amines is 1. The Kier molecular flexibility index (Phi) is 4.15. The number of rotatable bonds is 3. The van der Waals surface area contributed by atoms with Crippen molar-refractivity contribution < 1.29 is 4.79 Å². The third-order valence-corrected chi connectivity index (χ3v) is 5.57. The van der Waals surface area contributed by atoms with Crippen LogP contribution >= 0.6 is 11.8 Å². The van der Waals surface area contributed by atoms with Crippen LogP contribution in [0, 0.1) is 0 Å². The first-order valence-electron chi connectivity index (χ1n) is 8.18. The second-order valence-electron chi connectivity index (χ2n) is 6.15. The molecule has 2 atom stereocenters. The van der Waals surface area contributed by atoms with Gasteiger partial charge in [-0.25, -0.2) is 9.97 Å². The first-order chi connectivity index (χ1) is 11.7. The molecule has 126 valence electrons. The van der Waals surface area contributed by atoms with Crippen LogP contribution < -0.4 is 16.0 Å². The Bertz CT molecular complexity index is 788. The molecule has 2 aromatic heterocycles. The van der Waals surface area contributed by atoms with Gasteiger partial charge in [0.15, 0.2) is 0 Å². The van der Waals surface area contributed by atoms with Crippen LogP contribution in [0.15, 0.2) is 29.7 Å². The molecule has 0 aromatic carbocycles. The average Bonchev–Trinajstić information content (AvgIpc) is 3.24. The van der Waals surface area contributed by atoms with Crippen molar-refractivity contribution in [2.45, 2.75) is 31.3 Å². The van der Waals surface area contributed by atoms with Crippen molar-refractivity contribution in [3.8, 4) is 0 Å². The van der Waals surface area contributed by atoms with Crippen LogP contribution in [0.5, 0.6) is 0 Å². The van der Waals surface area contributed by atoms with E-state index in [1.165, 1.54) is 0 Å². The number of anilines is 1. The lowest BCUT2D eigenvalue weighted by atomic mass is 10.2. The van der Waals surface area contributed by atoms with Gasteiger partial charge >= 0.3 is 0 Å². The maximum atomic E-state index is 12.6. The zero-order valence-electron chi connectivity index (χ0n) is 13.2. The van der Waals surface area contributed by atoms with Crippen molar-refractivity contribution in [3.63, 3.8) is 0 Å². The molecule has 7 nitrogen and oxygen atoms in total. The molecule has 1 fully saturated rings. The minimum atomic E-state index is -0.0357. The van der Waals surface area contributed by atoms with E-state index >= 15 is 0 Å². The quantitative estimate of drug-likeness (QED) is 0.777. The number of aromatic nitrogens is 3. The predicted octanol–water partition coefficient (Wildman–Crippen LogP) is 1.35. The van der Waals surface area contributed by atoms with Gasteiger partial charge in [0.25, 0.3) is 5.91 Å². The predicted molar refractivity (Wildman–Crippen MR) is 95.5 cm³/mol. The maximum Gasteiger partial charge on any atom is 0.259 e. The van der Waals surface area contributed by atoms with Crippen LogP contribution in [-0.4, -0.2) is 45.2 Å². The van der Waals surface area contributed by atoms with Gasteiger partial charge < -0.3 is 20.9 Å². The van der Waals surface area contributed by atoms with E-state index in [1.807, 2.05) is 23.4 Å². The van der Waals surface area contributed by atoms with E-state index in [9.17, 15) is 4.79 Å². The SMILES string of the molecule is N[C@@H]1CCC[C@@H]1NC(=O)C1=CN(c2ncnc3[nH]ccc23)CCS1. The lowest BCUT2D eigenvalue weighted by Crippen LogP contribution is -2.44. The summed E-state index contributed by atoms with van der Waals surface area (Å²) in [7, 11) is 0. The van der Waals surface area contributed by atoms with Gasteiger partial charge in [0.05, 0.1) is 10.3 Å². The Hall–Kier alpha value is -2.06. The normalized spacial score (nSPS) is 24.2. The number of nitrogens with zero attached hydrogens (tertiary/aromatic N) is 3. The molecular weight excluding hydrogens is 324 g/mol. The number of carbonyl (C=O) groups excluding carboxylic acids is 1. The molecule has 1 amide bonds. The largest absolute Gasteiger partial charge is 0.347 e. The van der Waals surface area contributed by atoms with Crippen molar-refractivity contribution in [2.75, 3.05) is 17.2 Å². The third kappa shape index (κ3) is 2.87. The molecule has 1 aliphatic heterocycles. The van der Waals surface area contributed by atoms with Gasteiger partial charge in [0.2, 0.25) is 0 Å². The topological polar surface area (TPSA) is 99.9 Å². The fraction of sp³-hybridized carbons (Fsp3) is 0.438. The highest BCUT2D eigenvalue weighted by Crippen LogP contribution is 2.29. The Morgan fingerprint density at radius 2 is 2.33 bits per heavy atom. The highest BCUT2D eigenvalue weighted by atomic mass is 32.2. The summed E-state index contributed by atoms with van der Waals surface area (Å²) in [5.41, 5.74) is 6.85. The van der Waals surface area contributed by atoms with Crippen molar-refractivity contribution in [1.29, 1.82) is 0 Å². The van der Waals surface area contributed by atoms with E-state index < -0.39 is 0 Å². The summed E-state index contributed by atoms with van der Waals surface area (Å²) in [4.78, 5) is 27.0. The number of hydrogen-bond acceptors (Lipinski definition) is 6. The standard InChI is InChI=1S/C16H20N6OS/c17-11-2-1-3-12(11)21-16(23)13-8-22(6-7-24-13)15-10-4-5-18-14(10)19-9-20-15/h4-5,8-9,11-12H,1-3,6-7,17H2,(H,21,23)(H,18,19,20)/t11-,12+/m1/s1. The Morgan fingerprint density at radius 3 is 3.17 bits per heavy atom. The zero-order valence-corrected chi connectivity index (χ0v) is 14.1. The van der Waals surface area contributed by atoms with Crippen molar-refractivity contribution >= 4 is 34.5 Å². The number of nitrogens with one attached hydrogen (secondary N) is 2. The molecule has 0 bridgehead atoms. The first kappa shape index (κ1) is 15.5. The Balaban J connectivity index is 1.56. The van der Waals surface area contributed by atoms with Gasteiger partial charge in [-0.05, 0) is 25.3 Å². The number of H-pyrrole nitrogens is 1. The molecule has 0 radical (unpaired) electrons. The van der Waals surface area contributed by atoms with E-state index in [4.69, 9.17) is 5.73 Å². The minimum Gasteiger partial charge on any atom is -0.347 e. The van der Waals surface area contributed by atoms with Crippen LogP contribution in [0.4, 0.5) is 5.82 Å². The second-order valence-corrected chi connectivity index (χ2v) is 7.28. The van der Waals surface area contributed by atoms with E-state index in [0.717, 1.165) is 48.4 Å². The summed E-state index contributed by atoms with van der Waals surface area (Å²) in [6.45, 7) is 0.807. The fourth-order valence-corrected chi connectivity index (χ4v) is 4.18. The lowest BCUT2D eigenvalue weighted by molar-refractivity contribution is -0.117. The van der Waals surface area contributed by atoms with E-state index in [2.05, 4.69) is 20.3 Å². The van der Waals surface area contributed by atoms with E-state index in [-0.39, 0.29) is 18.0 Å². The molecule has 2 aliphatic rings. The lowest BCUT2D eigenvalue weighted by Gasteiger charge is -2.26. The molecule has 0 saturated heterocycles. The van der Waals surface area contributed by atoms with E-state index in [0.29, 0.717) is 4.91 Å². The molecule has 4 N–H and O–H groups in total. The van der Waals surface area contributed by atoms with Crippen LogP contribution in [0.25, 0.3) is 11.0 Å². The smallest absolute Gasteiger partial charge is 0.259 e. The average molecular weight is 344 g/mol. The molecule has 4 rings (SSSR count). The van der Waals surface area contributed by atoms with Gasteiger partial charge in [-0.2, -0.15) is 0 Å². The molecular formula is C16H20N6OS. The van der Waals surface area contributed by atoms with E-state index in [1.54, 1.807) is 18.1 Å². The summed E-state index contributed by atoms with van der Waals surface area (Å²) in [6.07, 6.45) is 8.30. The van der Waals surface area contributed by atoms with Gasteiger partial charge in [-0.15, -0.1) is 11.8 Å². The monoisotopic (exact) mass is 344 g/mol. The molecule has 1 aliphatic carbocycles. The molecule has 24 heavy (non-hydrogen) atoms. The summed E-state index contributed by atoms with van der Waals surface area (Å²) in [6, 6.07) is 2.11. The molecule has 0 unspecified atom stereocenters. The van der Waals surface area contributed by atoms with Crippen LogP contribution in [-0.2, 0) is 4.79 Å². The maximum absolute atomic E-state index is 12.6. The van der Waals surface area contributed by atoms with Gasteiger partial charge in [-0.1, -0.05) is 0 Å². The minimum absolute atomic E-state index is 0.0357. The van der Waals surface area contributed by atoms with Crippen molar-refractivity contribution in [3.05, 3.63) is 29.7 Å². The first-order valence-corrected chi connectivity index (χ1v) is 9.17. The third-order valence-electron chi connectivity index (χ3n) is 4.58. The summed E-state index contributed by atoms with van der Waals surface area (Å²) in [5, 5.41) is 4.04. The summed E-state index contributed by atoms with van der Waals surface area (Å²) < 4.78 is 0. The van der Waals surface area contributed by atoms with Gasteiger partial charge in [0.1, 0.15) is 17.8 Å². The molecule has 8 heteroatoms. The van der Waals surface area contributed by atoms with Crippen LogP contribution in [0.3, 0.4) is 0 Å². The molecule has 3 heterocycles. The molecule has 2 aromatic rings. The number of thioether (sulfide) groups is 1. The van der Waals surface area contributed by atoms with Crippen molar-refractivity contribution in [1.82, 2.24) is 20.3 Å². The molecule has 0 spiro atoms. The van der Waals surface area contributed by atoms with Gasteiger partial charge in [0, 0.05) is 36.8 Å². The summed E-state index contributed by atoms with van der Waals surface area (Å²) in [5.74, 6) is 1.63. The summed E-state index contributed by atoms with van der Waals surface area (Å²) >= 11 is 1.58. The van der Waals surface area contributed by atoms with Crippen LogP contribution in [0.1, 0.15) is 19.3 Å². The number of nitrogens with two attached hydrogens (primary N) is 1. The molecule has 1 saturated carbocycles. The Labute approximate surface area is 144 Å². The fourth-order valence-electron chi connectivity index (χ4n) is 3.28. The number of amides is 1. The zero-order chi connectivity index (χ0) is 16.5. The highest BCUT2D eigenvalue weighted by Gasteiger charge is 2.28. The van der Waals surface area contributed by atoms with Crippen molar-refractivity contribution in [2.24, 2.45) is 5.73 Å².